The SMILES string of the molecule is Cc1cnc(C(C)Nc2ccc([N+](=O)[O-])c(C#N)c2)s1. The number of hydrogen-bond acceptors (Lipinski definition) is 6. The second kappa shape index (κ2) is 5.67. The molecule has 1 aromatic heterocycles. The lowest BCUT2D eigenvalue weighted by molar-refractivity contribution is -0.385. The van der Waals surface area contributed by atoms with Crippen molar-refractivity contribution in [2.24, 2.45) is 0 Å². The first kappa shape index (κ1) is 14.0. The highest BCUT2D eigenvalue weighted by atomic mass is 32.1. The summed E-state index contributed by atoms with van der Waals surface area (Å²) in [7, 11) is 0. The van der Waals surface area contributed by atoms with Crippen LogP contribution in [0, 0.1) is 28.4 Å². The third kappa shape index (κ3) is 2.92. The van der Waals surface area contributed by atoms with Gasteiger partial charge in [0.2, 0.25) is 0 Å². The molecule has 0 spiro atoms. The molecular formula is C13H12N4O2S. The number of hydrogen-bond donors (Lipinski definition) is 1. The second-order valence-corrected chi connectivity index (χ2v) is 5.54. The summed E-state index contributed by atoms with van der Waals surface area (Å²) < 4.78 is 0. The Morgan fingerprint density at radius 3 is 2.85 bits per heavy atom. The van der Waals surface area contributed by atoms with Crippen LogP contribution >= 0.6 is 11.3 Å². The minimum atomic E-state index is -0.560. The van der Waals surface area contributed by atoms with E-state index in [1.807, 2.05) is 19.9 Å². The van der Waals surface area contributed by atoms with E-state index < -0.39 is 4.92 Å². The molecule has 2 rings (SSSR count). The van der Waals surface area contributed by atoms with Crippen LogP contribution in [0.1, 0.15) is 28.4 Å². The molecule has 0 aliphatic rings. The lowest BCUT2D eigenvalue weighted by Gasteiger charge is -2.12. The van der Waals surface area contributed by atoms with Gasteiger partial charge >= 0.3 is 0 Å². The molecule has 1 atom stereocenters. The second-order valence-electron chi connectivity index (χ2n) is 4.28. The molecule has 7 heteroatoms. The molecule has 0 aliphatic carbocycles. The van der Waals surface area contributed by atoms with Crippen molar-refractivity contribution in [3.63, 3.8) is 0 Å². The van der Waals surface area contributed by atoms with Gasteiger partial charge in [-0.1, -0.05) is 0 Å². The predicted molar refractivity (Wildman–Crippen MR) is 76.7 cm³/mol. The number of rotatable bonds is 4. The van der Waals surface area contributed by atoms with E-state index in [1.165, 1.54) is 12.1 Å². The molecule has 6 nitrogen and oxygen atoms in total. The van der Waals surface area contributed by atoms with E-state index >= 15 is 0 Å². The van der Waals surface area contributed by atoms with E-state index in [0.717, 1.165) is 9.88 Å². The Bertz CT molecular complexity index is 690. The Labute approximate surface area is 119 Å². The van der Waals surface area contributed by atoms with Gasteiger partial charge in [0, 0.05) is 22.8 Å². The first-order valence-electron chi connectivity index (χ1n) is 5.88. The first-order chi connectivity index (χ1) is 9.51. The normalized spacial score (nSPS) is 11.7. The minimum Gasteiger partial charge on any atom is -0.376 e. The zero-order chi connectivity index (χ0) is 14.7. The highest BCUT2D eigenvalue weighted by Crippen LogP contribution is 2.26. The zero-order valence-electron chi connectivity index (χ0n) is 11.0. The Morgan fingerprint density at radius 2 is 2.30 bits per heavy atom. The van der Waals surface area contributed by atoms with E-state index in [4.69, 9.17) is 5.26 Å². The summed E-state index contributed by atoms with van der Waals surface area (Å²) in [6, 6.07) is 6.22. The van der Waals surface area contributed by atoms with Crippen LogP contribution in [0.3, 0.4) is 0 Å². The Hall–Kier alpha value is -2.46. The van der Waals surface area contributed by atoms with Crippen LogP contribution in [0.2, 0.25) is 0 Å². The van der Waals surface area contributed by atoms with Crippen molar-refractivity contribution in [1.29, 1.82) is 5.26 Å². The number of nitriles is 1. The van der Waals surface area contributed by atoms with Crippen molar-refractivity contribution in [3.05, 3.63) is 50.0 Å². The number of nitrogens with one attached hydrogen (secondary N) is 1. The molecule has 1 aromatic carbocycles. The third-order valence-corrected chi connectivity index (χ3v) is 3.80. The molecule has 2 aromatic rings. The van der Waals surface area contributed by atoms with Gasteiger partial charge in [0.1, 0.15) is 16.6 Å². The van der Waals surface area contributed by atoms with Crippen molar-refractivity contribution in [1.82, 2.24) is 4.98 Å². The van der Waals surface area contributed by atoms with Gasteiger partial charge < -0.3 is 5.32 Å². The highest BCUT2D eigenvalue weighted by molar-refractivity contribution is 7.11. The molecule has 0 saturated carbocycles. The fraction of sp³-hybridized carbons (Fsp3) is 0.231. The Balaban J connectivity index is 2.22. The summed E-state index contributed by atoms with van der Waals surface area (Å²) in [5, 5.41) is 23.8. The van der Waals surface area contributed by atoms with Crippen molar-refractivity contribution < 1.29 is 4.92 Å². The fourth-order valence-corrected chi connectivity index (χ4v) is 2.54. The first-order valence-corrected chi connectivity index (χ1v) is 6.70. The summed E-state index contributed by atoms with van der Waals surface area (Å²) in [6.07, 6.45) is 1.80. The lowest BCUT2D eigenvalue weighted by atomic mass is 10.1. The van der Waals surface area contributed by atoms with E-state index in [0.29, 0.717) is 5.69 Å². The molecule has 0 aliphatic heterocycles. The number of nitrogens with zero attached hydrogens (tertiary/aromatic N) is 3. The van der Waals surface area contributed by atoms with Crippen molar-refractivity contribution in [2.75, 3.05) is 5.32 Å². The monoisotopic (exact) mass is 288 g/mol. The number of aryl methyl sites for hydroxylation is 1. The zero-order valence-corrected chi connectivity index (χ0v) is 11.8. The van der Waals surface area contributed by atoms with E-state index in [2.05, 4.69) is 10.3 Å². The molecular weight excluding hydrogens is 276 g/mol. The van der Waals surface area contributed by atoms with Gasteiger partial charge in [-0.15, -0.1) is 11.3 Å². The minimum absolute atomic E-state index is 0.0262. The fourth-order valence-electron chi connectivity index (χ4n) is 1.76. The molecule has 1 unspecified atom stereocenters. The van der Waals surface area contributed by atoms with Crippen LogP contribution in [-0.4, -0.2) is 9.91 Å². The maximum absolute atomic E-state index is 10.8. The van der Waals surface area contributed by atoms with Gasteiger partial charge in [-0.3, -0.25) is 10.1 Å². The van der Waals surface area contributed by atoms with Crippen LogP contribution in [0.5, 0.6) is 0 Å². The van der Waals surface area contributed by atoms with Crippen LogP contribution in [0.15, 0.2) is 24.4 Å². The molecule has 0 fully saturated rings. The summed E-state index contributed by atoms with van der Waals surface area (Å²) in [5.74, 6) is 0. The Morgan fingerprint density at radius 1 is 1.55 bits per heavy atom. The van der Waals surface area contributed by atoms with Gasteiger partial charge in [0.25, 0.3) is 5.69 Å². The van der Waals surface area contributed by atoms with Crippen LogP contribution in [-0.2, 0) is 0 Å². The predicted octanol–water partition coefficient (Wildman–Crippen LogP) is 3.40. The molecule has 0 bridgehead atoms. The van der Waals surface area contributed by atoms with Gasteiger partial charge in [-0.05, 0) is 26.0 Å². The van der Waals surface area contributed by atoms with Gasteiger partial charge in [-0.2, -0.15) is 5.26 Å². The largest absolute Gasteiger partial charge is 0.376 e. The van der Waals surface area contributed by atoms with E-state index in [1.54, 1.807) is 23.6 Å². The van der Waals surface area contributed by atoms with E-state index in [9.17, 15) is 10.1 Å². The summed E-state index contributed by atoms with van der Waals surface area (Å²) in [6.45, 7) is 3.93. The molecule has 0 saturated heterocycles. The average Bonchev–Trinajstić information content (AvgIpc) is 2.85. The van der Waals surface area contributed by atoms with Gasteiger partial charge in [0.05, 0.1) is 11.0 Å². The summed E-state index contributed by atoms with van der Waals surface area (Å²) in [5.41, 5.74) is 0.519. The van der Waals surface area contributed by atoms with Crippen LogP contribution < -0.4 is 5.32 Å². The van der Waals surface area contributed by atoms with Gasteiger partial charge in [0.15, 0.2) is 0 Å². The highest BCUT2D eigenvalue weighted by Gasteiger charge is 2.15. The number of anilines is 1. The number of nitro benzene ring substituents is 1. The van der Waals surface area contributed by atoms with Crippen molar-refractivity contribution in [2.45, 2.75) is 19.9 Å². The van der Waals surface area contributed by atoms with Crippen LogP contribution in [0.25, 0.3) is 0 Å². The summed E-state index contributed by atoms with van der Waals surface area (Å²) in [4.78, 5) is 15.6. The standard InChI is InChI=1S/C13H12N4O2S/c1-8-7-15-13(20-8)9(2)16-11-3-4-12(17(18)19)10(5-11)6-14/h3-5,7,9,16H,1-2H3. The topological polar surface area (TPSA) is 91.8 Å². The van der Waals surface area contributed by atoms with E-state index in [-0.39, 0.29) is 17.3 Å². The summed E-state index contributed by atoms with van der Waals surface area (Å²) >= 11 is 1.59. The molecule has 0 radical (unpaired) electrons. The maximum atomic E-state index is 10.8. The lowest BCUT2D eigenvalue weighted by Crippen LogP contribution is -2.06. The molecule has 102 valence electrons. The van der Waals surface area contributed by atoms with Crippen LogP contribution in [0.4, 0.5) is 11.4 Å². The quantitative estimate of drug-likeness (QED) is 0.687. The molecule has 1 N–H and O–H groups in total. The smallest absolute Gasteiger partial charge is 0.287 e. The third-order valence-electron chi connectivity index (χ3n) is 2.71. The molecule has 0 amide bonds. The molecule has 20 heavy (non-hydrogen) atoms. The van der Waals surface area contributed by atoms with Gasteiger partial charge in [-0.25, -0.2) is 4.98 Å². The van der Waals surface area contributed by atoms with Crippen molar-refractivity contribution in [3.8, 4) is 6.07 Å². The average molecular weight is 288 g/mol. The number of benzene rings is 1. The maximum Gasteiger partial charge on any atom is 0.287 e. The van der Waals surface area contributed by atoms with Crippen molar-refractivity contribution >= 4 is 22.7 Å². The number of aromatic nitrogens is 1. The number of thiazole rings is 1. The molecule has 1 heterocycles. The number of nitro groups is 1. The Kier molecular flexibility index (Phi) is 3.96.